The fourth-order valence-electron chi connectivity index (χ4n) is 2.15. The molecule has 3 nitrogen and oxygen atoms in total. The molecule has 1 aromatic heterocycles. The van der Waals surface area contributed by atoms with Crippen LogP contribution in [0.1, 0.15) is 24.8 Å². The number of piperidine rings is 1. The lowest BCUT2D eigenvalue weighted by Gasteiger charge is -2.29. The molecule has 1 saturated heterocycles. The van der Waals surface area contributed by atoms with Crippen molar-refractivity contribution >= 4 is 17.2 Å². The smallest absolute Gasteiger partial charge is 0.220 e. The first kappa shape index (κ1) is 12.6. The molecule has 2 heterocycles. The van der Waals surface area contributed by atoms with Crippen molar-refractivity contribution in [2.45, 2.75) is 31.7 Å². The predicted molar refractivity (Wildman–Crippen MR) is 71.3 cm³/mol. The molecule has 2 rings (SSSR count). The van der Waals surface area contributed by atoms with Gasteiger partial charge in [0.2, 0.25) is 5.91 Å². The van der Waals surface area contributed by atoms with Gasteiger partial charge in [0.05, 0.1) is 0 Å². The minimum atomic E-state index is 0.200. The summed E-state index contributed by atoms with van der Waals surface area (Å²) in [6.07, 6.45) is 3.65. The quantitative estimate of drug-likeness (QED) is 0.887. The van der Waals surface area contributed by atoms with E-state index in [9.17, 15) is 4.79 Å². The van der Waals surface area contributed by atoms with Crippen molar-refractivity contribution in [2.24, 2.45) is 0 Å². The summed E-state index contributed by atoms with van der Waals surface area (Å²) in [5.74, 6) is 0.200. The highest BCUT2D eigenvalue weighted by molar-refractivity contribution is 7.07. The molecule has 94 valence electrons. The van der Waals surface area contributed by atoms with Crippen LogP contribution in [0.25, 0.3) is 0 Å². The summed E-state index contributed by atoms with van der Waals surface area (Å²) in [5, 5.41) is 7.31. The average Bonchev–Trinajstić information content (AvgIpc) is 2.83. The van der Waals surface area contributed by atoms with Gasteiger partial charge in [0.1, 0.15) is 0 Å². The molecular formula is C13H20N2OS. The molecule has 1 aromatic rings. The van der Waals surface area contributed by atoms with E-state index in [1.54, 1.807) is 11.3 Å². The number of aryl methyl sites for hydroxylation is 1. The lowest BCUT2D eigenvalue weighted by Crippen LogP contribution is -2.43. The first-order chi connectivity index (χ1) is 8.24. The maximum absolute atomic E-state index is 11.8. The van der Waals surface area contributed by atoms with E-state index in [0.717, 1.165) is 32.4 Å². The Balaban J connectivity index is 1.67. The fourth-order valence-corrected chi connectivity index (χ4v) is 2.85. The molecule has 1 fully saturated rings. The fraction of sp³-hybridized carbons (Fsp3) is 0.615. The molecular weight excluding hydrogens is 232 g/mol. The number of carbonyl (C=O) groups excluding carboxylic acids is 1. The van der Waals surface area contributed by atoms with Gasteiger partial charge in [-0.15, -0.1) is 0 Å². The third-order valence-corrected chi connectivity index (χ3v) is 4.04. The first-order valence-corrected chi connectivity index (χ1v) is 7.17. The summed E-state index contributed by atoms with van der Waals surface area (Å²) in [6.45, 7) is 2.19. The number of rotatable bonds is 4. The van der Waals surface area contributed by atoms with E-state index in [-0.39, 0.29) is 5.91 Å². The number of thiophene rings is 1. The standard InChI is InChI=1S/C13H20N2OS/c1-15-7-4-12(5-8-15)14-13(16)3-2-11-6-9-17-10-11/h6,9-10,12H,2-5,7-8H2,1H3,(H,14,16). The van der Waals surface area contributed by atoms with Gasteiger partial charge in [-0.1, -0.05) is 0 Å². The van der Waals surface area contributed by atoms with Gasteiger partial charge in [0.15, 0.2) is 0 Å². The van der Waals surface area contributed by atoms with Crippen LogP contribution in [0, 0.1) is 0 Å². The second-order valence-corrected chi connectivity index (χ2v) is 5.56. The Labute approximate surface area is 107 Å². The molecule has 1 N–H and O–H groups in total. The van der Waals surface area contributed by atoms with E-state index in [4.69, 9.17) is 0 Å². The Bertz CT molecular complexity index is 342. The SMILES string of the molecule is CN1CCC(NC(=O)CCc2ccsc2)CC1. The molecule has 1 aliphatic heterocycles. The normalized spacial score (nSPS) is 18.2. The van der Waals surface area contributed by atoms with Gasteiger partial charge < -0.3 is 10.2 Å². The predicted octanol–water partition coefficient (Wildman–Crippen LogP) is 1.89. The average molecular weight is 252 g/mol. The van der Waals surface area contributed by atoms with Gasteiger partial charge in [-0.25, -0.2) is 0 Å². The summed E-state index contributed by atoms with van der Waals surface area (Å²) >= 11 is 1.69. The highest BCUT2D eigenvalue weighted by Gasteiger charge is 2.17. The summed E-state index contributed by atoms with van der Waals surface area (Å²) in [4.78, 5) is 14.1. The van der Waals surface area contributed by atoms with E-state index >= 15 is 0 Å². The Morgan fingerprint density at radius 2 is 2.29 bits per heavy atom. The van der Waals surface area contributed by atoms with E-state index < -0.39 is 0 Å². The zero-order valence-electron chi connectivity index (χ0n) is 10.3. The lowest BCUT2D eigenvalue weighted by atomic mass is 10.1. The highest BCUT2D eigenvalue weighted by Crippen LogP contribution is 2.10. The molecule has 1 amide bonds. The van der Waals surface area contributed by atoms with Crippen molar-refractivity contribution < 1.29 is 4.79 Å². The van der Waals surface area contributed by atoms with Crippen molar-refractivity contribution in [3.8, 4) is 0 Å². The molecule has 0 bridgehead atoms. The Morgan fingerprint density at radius 1 is 1.53 bits per heavy atom. The van der Waals surface area contributed by atoms with Gasteiger partial charge in [-0.05, 0) is 61.8 Å². The van der Waals surface area contributed by atoms with Gasteiger partial charge in [-0.3, -0.25) is 4.79 Å². The van der Waals surface area contributed by atoms with Crippen molar-refractivity contribution in [1.82, 2.24) is 10.2 Å². The molecule has 4 heteroatoms. The largest absolute Gasteiger partial charge is 0.353 e. The van der Waals surface area contributed by atoms with Crippen molar-refractivity contribution in [1.29, 1.82) is 0 Å². The molecule has 0 aliphatic carbocycles. The van der Waals surface area contributed by atoms with Gasteiger partial charge in [-0.2, -0.15) is 11.3 Å². The first-order valence-electron chi connectivity index (χ1n) is 6.23. The third kappa shape index (κ3) is 4.13. The minimum absolute atomic E-state index is 0.200. The van der Waals surface area contributed by atoms with Crippen LogP contribution >= 0.6 is 11.3 Å². The number of carbonyl (C=O) groups is 1. The molecule has 1 aliphatic rings. The van der Waals surface area contributed by atoms with Gasteiger partial charge in [0.25, 0.3) is 0 Å². The molecule has 0 spiro atoms. The van der Waals surface area contributed by atoms with Gasteiger partial charge in [0, 0.05) is 12.5 Å². The number of hydrogen-bond acceptors (Lipinski definition) is 3. The van der Waals surface area contributed by atoms with E-state index in [1.165, 1.54) is 5.56 Å². The molecule has 0 unspecified atom stereocenters. The van der Waals surface area contributed by atoms with E-state index in [0.29, 0.717) is 12.5 Å². The topological polar surface area (TPSA) is 32.3 Å². The van der Waals surface area contributed by atoms with Crippen LogP contribution in [0.4, 0.5) is 0 Å². The Kier molecular flexibility index (Phi) is 4.57. The van der Waals surface area contributed by atoms with Crippen molar-refractivity contribution in [3.63, 3.8) is 0 Å². The number of hydrogen-bond donors (Lipinski definition) is 1. The Hall–Kier alpha value is -0.870. The summed E-state index contributed by atoms with van der Waals surface area (Å²) in [5.41, 5.74) is 1.27. The summed E-state index contributed by atoms with van der Waals surface area (Å²) in [7, 11) is 2.13. The Morgan fingerprint density at radius 3 is 2.94 bits per heavy atom. The van der Waals surface area contributed by atoms with Crippen LogP contribution in [0.5, 0.6) is 0 Å². The van der Waals surface area contributed by atoms with E-state index in [1.807, 2.05) is 0 Å². The number of nitrogens with one attached hydrogen (secondary N) is 1. The minimum Gasteiger partial charge on any atom is -0.353 e. The third-order valence-electron chi connectivity index (χ3n) is 3.30. The maximum atomic E-state index is 11.8. The molecule has 0 atom stereocenters. The van der Waals surface area contributed by atoms with Crippen LogP contribution in [0.2, 0.25) is 0 Å². The zero-order chi connectivity index (χ0) is 12.1. The second-order valence-electron chi connectivity index (χ2n) is 4.78. The van der Waals surface area contributed by atoms with Crippen LogP contribution in [0.3, 0.4) is 0 Å². The monoisotopic (exact) mass is 252 g/mol. The molecule has 17 heavy (non-hydrogen) atoms. The van der Waals surface area contributed by atoms with Crippen LogP contribution in [0.15, 0.2) is 16.8 Å². The lowest BCUT2D eigenvalue weighted by molar-refractivity contribution is -0.122. The zero-order valence-corrected chi connectivity index (χ0v) is 11.1. The number of amides is 1. The van der Waals surface area contributed by atoms with Crippen LogP contribution < -0.4 is 5.32 Å². The van der Waals surface area contributed by atoms with Crippen LogP contribution in [-0.2, 0) is 11.2 Å². The van der Waals surface area contributed by atoms with Gasteiger partial charge >= 0.3 is 0 Å². The number of likely N-dealkylation sites (tertiary alicyclic amines) is 1. The van der Waals surface area contributed by atoms with Crippen molar-refractivity contribution in [2.75, 3.05) is 20.1 Å². The highest BCUT2D eigenvalue weighted by atomic mass is 32.1. The van der Waals surface area contributed by atoms with Crippen LogP contribution in [-0.4, -0.2) is 37.0 Å². The molecule has 0 aromatic carbocycles. The summed E-state index contributed by atoms with van der Waals surface area (Å²) < 4.78 is 0. The maximum Gasteiger partial charge on any atom is 0.220 e. The number of nitrogens with zero attached hydrogens (tertiary/aromatic N) is 1. The summed E-state index contributed by atoms with van der Waals surface area (Å²) in [6, 6.07) is 2.48. The molecule has 0 saturated carbocycles. The van der Waals surface area contributed by atoms with Crippen molar-refractivity contribution in [3.05, 3.63) is 22.4 Å². The van der Waals surface area contributed by atoms with E-state index in [2.05, 4.69) is 34.1 Å². The second kappa shape index (κ2) is 6.17. The molecule has 0 radical (unpaired) electrons.